The number of fused-ring (bicyclic) bond motifs is 5. The van der Waals surface area contributed by atoms with Crippen molar-refractivity contribution in [1.29, 1.82) is 0 Å². The Balaban J connectivity index is 1.19. The third kappa shape index (κ3) is 5.69. The van der Waals surface area contributed by atoms with Crippen molar-refractivity contribution in [2.24, 2.45) is 39.7 Å². The molecule has 8 heteroatoms. The molecule has 1 N–H and O–H groups in total. The highest BCUT2D eigenvalue weighted by Crippen LogP contribution is 2.66. The number of ketones is 1. The normalized spacial score (nSPS) is 38.0. The van der Waals surface area contributed by atoms with Crippen LogP contribution in [0.4, 0.5) is 4.79 Å². The minimum absolute atomic E-state index is 0.000965. The van der Waals surface area contributed by atoms with E-state index in [1.807, 2.05) is 19.9 Å². The molecular weight excluding hydrogens is 528 g/mol. The highest BCUT2D eigenvalue weighted by Gasteiger charge is 2.59. The predicted molar refractivity (Wildman–Crippen MR) is 165 cm³/mol. The molecule has 2 amide bonds. The first-order valence-electron chi connectivity index (χ1n) is 16.6. The number of hydrogen-bond donors (Lipinski definition) is 1. The van der Waals surface area contributed by atoms with Gasteiger partial charge >= 0.3 is 6.09 Å². The molecule has 0 bridgehead atoms. The molecular formula is C34H54N4O4. The van der Waals surface area contributed by atoms with Crippen LogP contribution < -0.4 is 5.32 Å². The lowest BCUT2D eigenvalue weighted by Gasteiger charge is -2.58. The molecule has 3 saturated carbocycles. The molecule has 0 radical (unpaired) electrons. The van der Waals surface area contributed by atoms with Crippen molar-refractivity contribution in [1.82, 2.24) is 15.1 Å². The van der Waals surface area contributed by atoms with Gasteiger partial charge in [-0.1, -0.05) is 24.6 Å². The van der Waals surface area contributed by atoms with Gasteiger partial charge < -0.3 is 15.1 Å². The van der Waals surface area contributed by atoms with Gasteiger partial charge in [-0.25, -0.2) is 4.79 Å². The summed E-state index contributed by atoms with van der Waals surface area (Å²) in [5, 5.41) is 7.93. The standard InChI is InChI=1S/C34H54N4O4/c1-21(2)38(19-16-24-9-13-30(35-24)31(40)37(6)7)32(41)42-36-22(3)27-11-12-28-26-10-8-23-20-25(39)14-17-33(23,4)29(26)15-18-34(27,28)5/h20-21,24,26-30,35H,8-19H2,1-7H3/b36-22+/t24?,26-,27+,28-,29-,30?,33-,34+/m0/s1. The smallest absolute Gasteiger partial charge is 0.347 e. The second-order valence-corrected chi connectivity index (χ2v) is 15.0. The van der Waals surface area contributed by atoms with Crippen LogP contribution in [0.1, 0.15) is 105 Å². The number of carbonyl (C=O) groups is 3. The van der Waals surface area contributed by atoms with Gasteiger partial charge in [0.25, 0.3) is 0 Å². The van der Waals surface area contributed by atoms with Crippen LogP contribution in [0, 0.1) is 34.5 Å². The van der Waals surface area contributed by atoms with Crippen molar-refractivity contribution in [3.63, 3.8) is 0 Å². The van der Waals surface area contributed by atoms with Crippen molar-refractivity contribution < 1.29 is 19.2 Å². The Morgan fingerprint density at radius 3 is 2.52 bits per heavy atom. The second-order valence-electron chi connectivity index (χ2n) is 15.0. The van der Waals surface area contributed by atoms with Crippen LogP contribution >= 0.6 is 0 Å². The molecule has 5 rings (SSSR count). The average Bonchev–Trinajstić information content (AvgIpc) is 3.55. The predicted octanol–water partition coefficient (Wildman–Crippen LogP) is 5.96. The maximum absolute atomic E-state index is 13.2. The Kier molecular flexibility index (Phi) is 8.95. The van der Waals surface area contributed by atoms with Gasteiger partial charge in [0.15, 0.2) is 5.78 Å². The molecule has 0 aromatic heterocycles. The number of nitrogens with zero attached hydrogens (tertiary/aromatic N) is 3. The molecule has 234 valence electrons. The monoisotopic (exact) mass is 582 g/mol. The van der Waals surface area contributed by atoms with Gasteiger partial charge in [-0.3, -0.25) is 14.4 Å². The summed E-state index contributed by atoms with van der Waals surface area (Å²) in [6, 6.07) is 0.0792. The summed E-state index contributed by atoms with van der Waals surface area (Å²) in [4.78, 5) is 46.7. The number of allylic oxidation sites excluding steroid dienone is 1. The lowest BCUT2D eigenvalue weighted by atomic mass is 9.46. The first-order chi connectivity index (χ1) is 19.8. The number of oxime groups is 1. The molecule has 5 aliphatic rings. The van der Waals surface area contributed by atoms with Crippen molar-refractivity contribution in [3.05, 3.63) is 11.6 Å². The summed E-state index contributed by atoms with van der Waals surface area (Å²) in [7, 11) is 3.58. The molecule has 0 aromatic rings. The summed E-state index contributed by atoms with van der Waals surface area (Å²) in [6.07, 6.45) is 12.8. The van der Waals surface area contributed by atoms with Gasteiger partial charge in [0, 0.05) is 45.1 Å². The number of rotatable bonds is 7. The highest BCUT2D eigenvalue weighted by molar-refractivity contribution is 5.91. The van der Waals surface area contributed by atoms with Crippen molar-refractivity contribution in [2.45, 2.75) is 123 Å². The number of nitrogens with one attached hydrogen (secondary N) is 1. The van der Waals surface area contributed by atoms with Crippen molar-refractivity contribution >= 4 is 23.5 Å². The number of amides is 2. The summed E-state index contributed by atoms with van der Waals surface area (Å²) in [5.41, 5.74) is 2.73. The minimum Gasteiger partial charge on any atom is -0.347 e. The third-order valence-corrected chi connectivity index (χ3v) is 12.3. The van der Waals surface area contributed by atoms with Gasteiger partial charge in [-0.2, -0.15) is 0 Å². The summed E-state index contributed by atoms with van der Waals surface area (Å²) >= 11 is 0. The van der Waals surface area contributed by atoms with Gasteiger partial charge in [0.2, 0.25) is 5.91 Å². The average molecular weight is 583 g/mol. The van der Waals surface area contributed by atoms with E-state index in [9.17, 15) is 14.4 Å². The Bertz CT molecular complexity index is 1130. The molecule has 0 aromatic carbocycles. The molecule has 42 heavy (non-hydrogen) atoms. The fraction of sp³-hybridized carbons (Fsp3) is 0.824. The van der Waals surface area contributed by atoms with Crippen LogP contribution in [0.25, 0.3) is 0 Å². The van der Waals surface area contributed by atoms with E-state index in [2.05, 4.69) is 31.2 Å². The largest absolute Gasteiger partial charge is 0.436 e. The molecule has 8 nitrogen and oxygen atoms in total. The number of likely N-dealkylation sites (N-methyl/N-ethyl adjacent to an activating group) is 1. The zero-order valence-electron chi connectivity index (χ0n) is 27.1. The van der Waals surface area contributed by atoms with E-state index in [0.29, 0.717) is 42.4 Å². The molecule has 2 unspecified atom stereocenters. The van der Waals surface area contributed by atoms with E-state index in [-0.39, 0.29) is 34.9 Å². The Morgan fingerprint density at radius 2 is 1.81 bits per heavy atom. The minimum atomic E-state index is -0.391. The lowest BCUT2D eigenvalue weighted by Crippen LogP contribution is -2.51. The molecule has 1 heterocycles. The molecule has 4 fully saturated rings. The Labute approximate surface area is 253 Å². The molecule has 4 aliphatic carbocycles. The van der Waals surface area contributed by atoms with Crippen LogP contribution in [0.5, 0.6) is 0 Å². The SMILES string of the molecule is C/C(=N\OC(=O)N(CCC1CCC(C(=O)N(C)C)N1)C(C)C)[C@H]1CC[C@H]2[C@@H]3CCC4=CC(=O)CC[C@]4(C)[C@H]3CC[C@]12C. The maximum atomic E-state index is 13.2. The lowest BCUT2D eigenvalue weighted by molar-refractivity contribution is -0.130. The fourth-order valence-electron chi connectivity index (χ4n) is 9.88. The first-order valence-corrected chi connectivity index (χ1v) is 16.6. The fourth-order valence-corrected chi connectivity index (χ4v) is 9.88. The van der Waals surface area contributed by atoms with E-state index in [1.54, 1.807) is 23.9 Å². The van der Waals surface area contributed by atoms with Crippen LogP contribution in [-0.2, 0) is 14.4 Å². The molecule has 1 aliphatic heterocycles. The quantitative estimate of drug-likeness (QED) is 0.227. The Morgan fingerprint density at radius 1 is 1.05 bits per heavy atom. The Hall–Kier alpha value is -2.22. The van der Waals surface area contributed by atoms with Crippen molar-refractivity contribution in [2.75, 3.05) is 20.6 Å². The van der Waals surface area contributed by atoms with Crippen LogP contribution in [0.15, 0.2) is 16.8 Å². The van der Waals surface area contributed by atoms with Crippen LogP contribution in [-0.4, -0.2) is 72.1 Å². The van der Waals surface area contributed by atoms with Crippen LogP contribution in [0.3, 0.4) is 0 Å². The number of hydrogen-bond acceptors (Lipinski definition) is 6. The van der Waals surface area contributed by atoms with E-state index in [1.165, 1.54) is 31.3 Å². The van der Waals surface area contributed by atoms with E-state index < -0.39 is 6.09 Å². The van der Waals surface area contributed by atoms with Crippen molar-refractivity contribution in [3.8, 4) is 0 Å². The first kappa shape index (κ1) is 31.2. The van der Waals surface area contributed by atoms with Gasteiger partial charge in [0.1, 0.15) is 0 Å². The van der Waals surface area contributed by atoms with Gasteiger partial charge in [0.05, 0.1) is 11.8 Å². The van der Waals surface area contributed by atoms with Gasteiger partial charge in [-0.15, -0.1) is 0 Å². The summed E-state index contributed by atoms with van der Waals surface area (Å²) in [5.74, 6) is 2.79. The zero-order chi connectivity index (χ0) is 30.4. The third-order valence-electron chi connectivity index (χ3n) is 12.3. The molecule has 1 saturated heterocycles. The topological polar surface area (TPSA) is 91.3 Å². The van der Waals surface area contributed by atoms with Gasteiger partial charge in [-0.05, 0) is 120 Å². The highest BCUT2D eigenvalue weighted by atomic mass is 16.7. The maximum Gasteiger partial charge on any atom is 0.436 e. The van der Waals surface area contributed by atoms with E-state index >= 15 is 0 Å². The van der Waals surface area contributed by atoms with Crippen LogP contribution in [0.2, 0.25) is 0 Å². The zero-order valence-corrected chi connectivity index (χ0v) is 27.1. The summed E-state index contributed by atoms with van der Waals surface area (Å²) in [6.45, 7) is 11.5. The molecule has 0 spiro atoms. The van der Waals surface area contributed by atoms with E-state index in [4.69, 9.17) is 4.84 Å². The second kappa shape index (κ2) is 12.0. The van der Waals surface area contributed by atoms with E-state index in [0.717, 1.165) is 44.2 Å². The summed E-state index contributed by atoms with van der Waals surface area (Å²) < 4.78 is 0. The number of carbonyl (C=O) groups excluding carboxylic acids is 3. The molecule has 8 atom stereocenters.